The number of aromatic nitrogens is 4. The Morgan fingerprint density at radius 2 is 1.68 bits per heavy atom. The molecule has 6 atom stereocenters. The number of aliphatic hydroxyl groups excluding tert-OH is 1. The van der Waals surface area contributed by atoms with E-state index in [1.165, 1.54) is 48.5 Å². The second kappa shape index (κ2) is 18.1. The fourth-order valence-corrected chi connectivity index (χ4v) is 10.5. The molecule has 2 aromatic carbocycles. The third-order valence-electron chi connectivity index (χ3n) is 9.23. The van der Waals surface area contributed by atoms with E-state index in [1.807, 2.05) is 0 Å². The number of hydrogen-bond acceptors (Lipinski definition) is 19. The number of aromatic carboxylic acids is 1. The van der Waals surface area contributed by atoms with Crippen LogP contribution in [0.4, 0.5) is 10.7 Å². The van der Waals surface area contributed by atoms with Crippen LogP contribution in [0.15, 0.2) is 74.9 Å². The lowest BCUT2D eigenvalue weighted by atomic mass is 9.90. The van der Waals surface area contributed by atoms with Gasteiger partial charge >= 0.3 is 34.4 Å². The number of phenols is 1. The van der Waals surface area contributed by atoms with Crippen LogP contribution in [0, 0.1) is 0 Å². The minimum absolute atomic E-state index is 0.111. The van der Waals surface area contributed by atoms with E-state index in [4.69, 9.17) is 33.9 Å². The second-order valence-corrected chi connectivity index (χ2v) is 19.5. The number of rotatable bonds is 15. The Morgan fingerprint density at radius 3 is 2.40 bits per heavy atom. The number of carbonyl (C=O) groups excluding carboxylic acids is 2. The number of alkyl carbamates (subject to hydrolysis) is 1. The number of H-pyrrole nitrogens is 1. The number of aromatic hydroxyl groups is 1. The number of carboxylic acids is 1. The number of carboxylic acid groups (broad SMARTS) is 1. The van der Waals surface area contributed by atoms with Crippen molar-refractivity contribution in [1.82, 2.24) is 30.2 Å². The summed E-state index contributed by atoms with van der Waals surface area (Å²) < 4.78 is 55.0. The zero-order valence-electron chi connectivity index (χ0n) is 32.3. The summed E-state index contributed by atoms with van der Waals surface area (Å²) in [6.45, 7) is -6.70. The van der Waals surface area contributed by atoms with Gasteiger partial charge in [0.2, 0.25) is 5.95 Å². The quantitative estimate of drug-likeness (QED) is 0.0391. The number of aromatic amines is 1. The lowest BCUT2D eigenvalue weighted by Gasteiger charge is -2.22. The molecule has 2 amide bonds. The number of phosphoric ester groups is 1. The molecule has 3 aliphatic rings. The Balaban J connectivity index is 1.04. The maximum atomic E-state index is 13.2. The van der Waals surface area contributed by atoms with Gasteiger partial charge in [0.1, 0.15) is 29.3 Å². The average molecular weight is 984 g/mol. The van der Waals surface area contributed by atoms with Gasteiger partial charge < -0.3 is 65.2 Å². The maximum absolute atomic E-state index is 13.2. The van der Waals surface area contributed by atoms with Crippen molar-refractivity contribution in [2.75, 3.05) is 25.4 Å². The predicted molar refractivity (Wildman–Crippen MR) is 223 cm³/mol. The highest BCUT2D eigenvalue weighted by atomic mass is 32.5. The molecular formula is C34H32N7O20P3S. The SMILES string of the molecule is Nc1nc2c(ncn2[C@@H]2O[C@H](COP(=O)(O)OP(=O)(O)OP(O)(O)=S)[C@@H](OC(=O)NCCNC(=O)c3ccc(-c4c5ccc(=O)cc-5oc5cc(O)ccc45)c(C(=O)O)c3)[C@H]2O)c(=O)[nH]1. The Kier molecular flexibility index (Phi) is 13.1. The van der Waals surface area contributed by atoms with Crippen LogP contribution in [0.3, 0.4) is 0 Å². The van der Waals surface area contributed by atoms with Crippen LogP contribution in [0.1, 0.15) is 26.9 Å². The zero-order valence-corrected chi connectivity index (χ0v) is 35.8. The number of imidazole rings is 1. The van der Waals surface area contributed by atoms with Crippen LogP contribution in [-0.2, 0) is 43.6 Å². The first-order valence-electron chi connectivity index (χ1n) is 18.1. The number of carbonyl (C=O) groups is 3. The molecular weight excluding hydrogens is 951 g/mol. The van der Waals surface area contributed by atoms with E-state index in [1.54, 1.807) is 0 Å². The molecule has 31 heteroatoms. The highest BCUT2D eigenvalue weighted by Gasteiger charge is 2.49. The lowest BCUT2D eigenvalue weighted by Crippen LogP contribution is -2.42. The largest absolute Gasteiger partial charge is 0.508 e. The lowest BCUT2D eigenvalue weighted by molar-refractivity contribution is -0.0508. The van der Waals surface area contributed by atoms with Crippen LogP contribution >= 0.6 is 22.4 Å². The predicted octanol–water partition coefficient (Wildman–Crippen LogP) is 1.23. The minimum atomic E-state index is -5.74. The van der Waals surface area contributed by atoms with Crippen molar-refractivity contribution in [2.24, 2.45) is 0 Å². The molecule has 0 spiro atoms. The average Bonchev–Trinajstić information content (AvgIpc) is 3.75. The van der Waals surface area contributed by atoms with Gasteiger partial charge in [-0.15, -0.1) is 0 Å². The van der Waals surface area contributed by atoms with Gasteiger partial charge in [-0.1, -0.05) is 6.07 Å². The van der Waals surface area contributed by atoms with Gasteiger partial charge in [0.25, 0.3) is 11.5 Å². The summed E-state index contributed by atoms with van der Waals surface area (Å²) in [6, 6.07) is 11.9. The molecule has 12 N–H and O–H groups in total. The molecule has 1 fully saturated rings. The van der Waals surface area contributed by atoms with Gasteiger partial charge in [0.15, 0.2) is 28.9 Å². The fourth-order valence-electron chi connectivity index (χ4n) is 6.67. The Bertz CT molecular complexity index is 3120. The number of nitrogen functional groups attached to an aromatic ring is 1. The van der Waals surface area contributed by atoms with E-state index in [-0.39, 0.29) is 69.4 Å². The third-order valence-corrected chi connectivity index (χ3v) is 13.6. The molecule has 1 aliphatic carbocycles. The number of nitrogens with two attached hydrogens (primary N) is 1. The number of nitrogens with one attached hydrogen (secondary N) is 3. The molecule has 4 aromatic rings. The van der Waals surface area contributed by atoms with E-state index < -0.39 is 77.0 Å². The number of benzene rings is 3. The number of amides is 2. The molecule has 2 aliphatic heterocycles. The number of anilines is 1. The van der Waals surface area contributed by atoms with Crippen molar-refractivity contribution in [2.45, 2.75) is 24.5 Å². The topological polar surface area (TPSA) is 417 Å². The Labute approximate surface area is 365 Å². The molecule has 0 bridgehead atoms. The van der Waals surface area contributed by atoms with E-state index in [9.17, 15) is 58.2 Å². The van der Waals surface area contributed by atoms with Crippen LogP contribution in [-0.4, -0.2) is 110 Å². The van der Waals surface area contributed by atoms with Crippen LogP contribution < -0.4 is 27.4 Å². The smallest absolute Gasteiger partial charge is 0.488 e. The number of fused-ring (bicyclic) bond motifs is 3. The Hall–Kier alpha value is -5.96. The molecule has 65 heavy (non-hydrogen) atoms. The standard InChI is InChI=1S/C34H32N7O20P3S/c35-33-39-28-25(30(46)40-33)38-13-41(28)31-26(44)27(23(58-31)12-56-62(50,51)60-63(52,53)61-64(54,55)65)59-34(49)37-8-7-36-29(45)14-1-4-17(20(9-14)32(47)48)24-18-5-2-15(42)10-21(18)57-22-11-16(43)3-6-19(22)24/h1-6,9-11,13,23,26-27,31,42,44H,7-8,12H2,(H,36,45)(H,37,49)(H,47,48)(H,50,51)(H,52,53)(H2,54,55,65)(H3,35,39,40,46)/t23-,26-,27-,31-/m1/s1. The van der Waals surface area contributed by atoms with Crippen molar-refractivity contribution in [3.05, 3.63) is 92.6 Å². The summed E-state index contributed by atoms with van der Waals surface area (Å²) in [4.78, 5) is 111. The normalized spacial score (nSPS) is 19.5. The van der Waals surface area contributed by atoms with Crippen molar-refractivity contribution < 1.29 is 85.4 Å². The molecule has 7 rings (SSSR count). The zero-order chi connectivity index (χ0) is 47.2. The third kappa shape index (κ3) is 10.6. The van der Waals surface area contributed by atoms with Crippen LogP contribution in [0.25, 0.3) is 44.6 Å². The van der Waals surface area contributed by atoms with E-state index in [2.05, 4.69) is 46.0 Å². The van der Waals surface area contributed by atoms with Crippen LogP contribution in [0.5, 0.6) is 5.75 Å². The summed E-state index contributed by atoms with van der Waals surface area (Å²) in [5.74, 6) is -2.59. The van der Waals surface area contributed by atoms with Gasteiger partial charge in [0.05, 0.1) is 18.5 Å². The first-order valence-corrected chi connectivity index (χ1v) is 23.7. The van der Waals surface area contributed by atoms with Gasteiger partial charge in [-0.2, -0.15) is 9.29 Å². The number of phenolic OH excluding ortho intramolecular Hbond substituents is 1. The molecule has 0 radical (unpaired) electrons. The van der Waals surface area contributed by atoms with Crippen molar-refractivity contribution in [3.8, 4) is 28.2 Å². The first kappa shape index (κ1) is 47.0. The molecule has 344 valence electrons. The number of ether oxygens (including phenoxy) is 2. The van der Waals surface area contributed by atoms with E-state index >= 15 is 0 Å². The summed E-state index contributed by atoms with van der Waals surface area (Å²) in [5.41, 5.74) is 4.59. The highest BCUT2D eigenvalue weighted by molar-refractivity contribution is 8.08. The monoisotopic (exact) mass is 983 g/mol. The molecule has 27 nitrogen and oxygen atoms in total. The molecule has 0 saturated carbocycles. The van der Waals surface area contributed by atoms with Crippen LogP contribution in [0.2, 0.25) is 0 Å². The molecule has 4 heterocycles. The second-order valence-electron chi connectivity index (χ2n) is 13.7. The fraction of sp³-hybridized carbons (Fsp3) is 0.206. The highest BCUT2D eigenvalue weighted by Crippen LogP contribution is 2.66. The van der Waals surface area contributed by atoms with Gasteiger partial charge in [0, 0.05) is 47.3 Å². The minimum Gasteiger partial charge on any atom is -0.508 e. The van der Waals surface area contributed by atoms with Gasteiger partial charge in [-0.3, -0.25) is 28.5 Å². The van der Waals surface area contributed by atoms with Crippen molar-refractivity contribution in [3.63, 3.8) is 0 Å². The van der Waals surface area contributed by atoms with E-state index in [0.717, 1.165) is 17.0 Å². The number of hydrogen-bond donors (Lipinski definition) is 11. The number of nitrogens with zero attached hydrogens (tertiary/aromatic N) is 3. The van der Waals surface area contributed by atoms with Gasteiger partial charge in [-0.25, -0.2) is 28.0 Å². The number of phosphoric acid groups is 2. The van der Waals surface area contributed by atoms with Gasteiger partial charge in [-0.05, 0) is 53.8 Å². The van der Waals surface area contributed by atoms with E-state index in [0.29, 0.717) is 16.5 Å². The molecule has 2 aromatic heterocycles. The Morgan fingerprint density at radius 1 is 0.954 bits per heavy atom. The number of aliphatic hydroxyl groups is 1. The van der Waals surface area contributed by atoms with Crippen molar-refractivity contribution >= 4 is 80.2 Å². The summed E-state index contributed by atoms with van der Waals surface area (Å²) in [6.07, 6.45) is -7.36. The summed E-state index contributed by atoms with van der Waals surface area (Å²) in [7, 11) is -11.4. The van der Waals surface area contributed by atoms with Crippen molar-refractivity contribution in [1.29, 1.82) is 0 Å². The summed E-state index contributed by atoms with van der Waals surface area (Å²) >= 11 is 4.06. The first-order chi connectivity index (χ1) is 30.5. The summed E-state index contributed by atoms with van der Waals surface area (Å²) in [5, 5.41) is 36.8. The molecule has 2 unspecified atom stereocenters. The molecule has 1 saturated heterocycles. The maximum Gasteiger partial charge on any atom is 0.488 e.